The van der Waals surface area contributed by atoms with Crippen LogP contribution in [0.3, 0.4) is 0 Å². The molecular formula is C14H23O2P. The van der Waals surface area contributed by atoms with Crippen molar-refractivity contribution in [3.8, 4) is 5.75 Å². The Morgan fingerprint density at radius 2 is 1.65 bits per heavy atom. The normalized spacial score (nSPS) is 11.1. The van der Waals surface area contributed by atoms with Crippen molar-refractivity contribution in [2.45, 2.75) is 51.9 Å². The quantitative estimate of drug-likeness (QED) is 0.474. The van der Waals surface area contributed by atoms with Gasteiger partial charge in [0.05, 0.1) is 0 Å². The smallest absolute Gasteiger partial charge is 0.225 e. The molecule has 0 amide bonds. The predicted molar refractivity (Wildman–Crippen MR) is 74.5 cm³/mol. The minimum absolute atomic E-state index is 0.710. The van der Waals surface area contributed by atoms with Gasteiger partial charge in [0.25, 0.3) is 0 Å². The molecule has 0 heterocycles. The highest BCUT2D eigenvalue weighted by atomic mass is 31.1. The SMILES string of the molecule is CCCCCCCCc1ccc(O[PH2]=O)cc1. The zero-order valence-electron chi connectivity index (χ0n) is 10.7. The molecule has 0 fully saturated rings. The zero-order chi connectivity index (χ0) is 12.3. The van der Waals surface area contributed by atoms with Crippen molar-refractivity contribution in [3.63, 3.8) is 0 Å². The molecule has 0 saturated heterocycles. The minimum atomic E-state index is -1.15. The van der Waals surface area contributed by atoms with Gasteiger partial charge in [0.2, 0.25) is 8.69 Å². The topological polar surface area (TPSA) is 26.3 Å². The number of benzene rings is 1. The second-order valence-electron chi connectivity index (χ2n) is 4.38. The summed E-state index contributed by atoms with van der Waals surface area (Å²) in [6, 6.07) is 7.93. The summed E-state index contributed by atoms with van der Waals surface area (Å²) in [5, 5.41) is 0. The Balaban J connectivity index is 2.16. The molecule has 0 aliphatic carbocycles. The van der Waals surface area contributed by atoms with Gasteiger partial charge in [0, 0.05) is 0 Å². The molecule has 96 valence electrons. The van der Waals surface area contributed by atoms with Crippen LogP contribution < -0.4 is 4.52 Å². The van der Waals surface area contributed by atoms with Crippen molar-refractivity contribution in [3.05, 3.63) is 29.8 Å². The Morgan fingerprint density at radius 3 is 2.29 bits per heavy atom. The predicted octanol–water partition coefficient (Wildman–Crippen LogP) is 4.64. The van der Waals surface area contributed by atoms with Gasteiger partial charge in [0.15, 0.2) is 0 Å². The fourth-order valence-electron chi connectivity index (χ4n) is 1.90. The average molecular weight is 254 g/mol. The second kappa shape index (κ2) is 9.30. The third-order valence-electron chi connectivity index (χ3n) is 2.93. The molecule has 0 aromatic heterocycles. The third kappa shape index (κ3) is 6.53. The van der Waals surface area contributed by atoms with Crippen LogP contribution in [-0.2, 0) is 11.0 Å². The van der Waals surface area contributed by atoms with Gasteiger partial charge in [-0.15, -0.1) is 0 Å². The van der Waals surface area contributed by atoms with Gasteiger partial charge in [-0.25, -0.2) is 0 Å². The van der Waals surface area contributed by atoms with Crippen LogP contribution in [0.25, 0.3) is 0 Å². The molecule has 0 radical (unpaired) electrons. The molecular weight excluding hydrogens is 231 g/mol. The van der Waals surface area contributed by atoms with Gasteiger partial charge in [-0.1, -0.05) is 51.2 Å². The third-order valence-corrected chi connectivity index (χ3v) is 3.29. The van der Waals surface area contributed by atoms with E-state index in [0.29, 0.717) is 5.75 Å². The van der Waals surface area contributed by atoms with Gasteiger partial charge < -0.3 is 4.52 Å². The lowest BCUT2D eigenvalue weighted by atomic mass is 10.1. The molecule has 0 saturated carbocycles. The standard InChI is InChI=1S/C14H23O2P/c1-2-3-4-5-6-7-8-13-9-11-14(12-10-13)16-17-15/h9-12H,2-8,17H2,1H3. The van der Waals surface area contributed by atoms with Gasteiger partial charge >= 0.3 is 0 Å². The van der Waals surface area contributed by atoms with E-state index in [2.05, 4.69) is 19.1 Å². The number of hydrogen-bond donors (Lipinski definition) is 0. The lowest BCUT2D eigenvalue weighted by Gasteiger charge is -2.03. The molecule has 1 aromatic rings. The maximum atomic E-state index is 10.3. The largest absolute Gasteiger partial charge is 0.447 e. The fourth-order valence-corrected chi connectivity index (χ4v) is 2.17. The van der Waals surface area contributed by atoms with E-state index in [4.69, 9.17) is 4.52 Å². The number of unbranched alkanes of at least 4 members (excludes halogenated alkanes) is 5. The van der Waals surface area contributed by atoms with Crippen LogP contribution in [0.5, 0.6) is 5.75 Å². The molecule has 0 N–H and O–H groups in total. The van der Waals surface area contributed by atoms with E-state index in [1.54, 1.807) is 0 Å². The van der Waals surface area contributed by atoms with Gasteiger partial charge in [-0.05, 0) is 30.5 Å². The summed E-state index contributed by atoms with van der Waals surface area (Å²) in [7, 11) is -1.15. The fraction of sp³-hybridized carbons (Fsp3) is 0.571. The molecule has 1 atom stereocenters. The molecule has 17 heavy (non-hydrogen) atoms. The Labute approximate surface area is 106 Å². The van der Waals surface area contributed by atoms with Crippen LogP contribution in [0.4, 0.5) is 0 Å². The van der Waals surface area contributed by atoms with E-state index in [9.17, 15) is 4.57 Å². The average Bonchev–Trinajstić information content (AvgIpc) is 2.36. The van der Waals surface area contributed by atoms with Crippen LogP contribution in [0.15, 0.2) is 24.3 Å². The summed E-state index contributed by atoms with van der Waals surface area (Å²) in [4.78, 5) is 0. The first-order valence-electron chi connectivity index (χ1n) is 6.56. The molecule has 0 aliphatic heterocycles. The highest BCUT2D eigenvalue weighted by Crippen LogP contribution is 2.17. The van der Waals surface area contributed by atoms with Crippen LogP contribution in [0, 0.1) is 0 Å². The Hall–Kier alpha value is -0.750. The Morgan fingerprint density at radius 1 is 1.00 bits per heavy atom. The zero-order valence-corrected chi connectivity index (χ0v) is 11.8. The van der Waals surface area contributed by atoms with Crippen LogP contribution >= 0.6 is 8.69 Å². The van der Waals surface area contributed by atoms with Crippen molar-refractivity contribution < 1.29 is 9.09 Å². The van der Waals surface area contributed by atoms with E-state index >= 15 is 0 Å². The lowest BCUT2D eigenvalue weighted by Crippen LogP contribution is -1.86. The first-order chi connectivity index (χ1) is 8.36. The molecule has 1 aromatic carbocycles. The van der Waals surface area contributed by atoms with E-state index in [1.807, 2.05) is 12.1 Å². The van der Waals surface area contributed by atoms with E-state index in [0.717, 1.165) is 6.42 Å². The van der Waals surface area contributed by atoms with Crippen molar-refractivity contribution >= 4 is 8.69 Å². The molecule has 1 rings (SSSR count). The highest BCUT2D eigenvalue weighted by Gasteiger charge is 1.95. The number of aryl methyl sites for hydroxylation is 1. The van der Waals surface area contributed by atoms with Gasteiger partial charge in [0.1, 0.15) is 5.75 Å². The monoisotopic (exact) mass is 254 g/mol. The second-order valence-corrected chi connectivity index (χ2v) is 4.80. The Kier molecular flexibility index (Phi) is 7.83. The van der Waals surface area contributed by atoms with E-state index in [1.165, 1.54) is 44.1 Å². The molecule has 0 aliphatic rings. The van der Waals surface area contributed by atoms with Crippen LogP contribution in [-0.4, -0.2) is 0 Å². The van der Waals surface area contributed by atoms with Crippen molar-refractivity contribution in [1.29, 1.82) is 0 Å². The lowest BCUT2D eigenvalue weighted by molar-refractivity contribution is 0.525. The van der Waals surface area contributed by atoms with E-state index in [-0.39, 0.29) is 0 Å². The first-order valence-corrected chi connectivity index (χ1v) is 7.50. The maximum Gasteiger partial charge on any atom is 0.225 e. The summed E-state index contributed by atoms with van der Waals surface area (Å²) in [5.41, 5.74) is 1.34. The van der Waals surface area contributed by atoms with Gasteiger partial charge in [-0.2, -0.15) is 0 Å². The minimum Gasteiger partial charge on any atom is -0.447 e. The molecule has 1 unspecified atom stereocenters. The molecule has 0 bridgehead atoms. The maximum absolute atomic E-state index is 10.3. The van der Waals surface area contributed by atoms with Gasteiger partial charge in [-0.3, -0.25) is 4.57 Å². The Bertz CT molecular complexity index is 309. The molecule has 3 heteroatoms. The molecule has 2 nitrogen and oxygen atoms in total. The molecule has 0 spiro atoms. The van der Waals surface area contributed by atoms with Crippen molar-refractivity contribution in [2.75, 3.05) is 0 Å². The summed E-state index contributed by atoms with van der Waals surface area (Å²) in [5.74, 6) is 0.710. The van der Waals surface area contributed by atoms with Crippen LogP contribution in [0.2, 0.25) is 0 Å². The summed E-state index contributed by atoms with van der Waals surface area (Å²) >= 11 is 0. The number of hydrogen-bond acceptors (Lipinski definition) is 2. The van der Waals surface area contributed by atoms with Crippen LogP contribution in [0.1, 0.15) is 51.0 Å². The first kappa shape index (κ1) is 14.3. The van der Waals surface area contributed by atoms with Crippen molar-refractivity contribution in [1.82, 2.24) is 0 Å². The van der Waals surface area contributed by atoms with E-state index < -0.39 is 8.69 Å². The summed E-state index contributed by atoms with van der Waals surface area (Å²) in [6.45, 7) is 2.24. The van der Waals surface area contributed by atoms with Crippen molar-refractivity contribution in [2.24, 2.45) is 0 Å². The number of rotatable bonds is 9. The highest BCUT2D eigenvalue weighted by molar-refractivity contribution is 7.17. The summed E-state index contributed by atoms with van der Waals surface area (Å²) < 4.78 is 15.3. The summed E-state index contributed by atoms with van der Waals surface area (Å²) in [6.07, 6.45) is 9.12.